The van der Waals surface area contributed by atoms with E-state index in [9.17, 15) is 27.9 Å². The van der Waals surface area contributed by atoms with Crippen LogP contribution in [0.15, 0.2) is 42.6 Å². The van der Waals surface area contributed by atoms with Crippen LogP contribution in [-0.2, 0) is 23.8 Å². The van der Waals surface area contributed by atoms with Gasteiger partial charge in [-0.1, -0.05) is 48.9 Å². The first-order chi connectivity index (χ1) is 14.1. The van der Waals surface area contributed by atoms with Gasteiger partial charge in [-0.25, -0.2) is 9.78 Å². The lowest BCUT2D eigenvalue weighted by Gasteiger charge is -2.15. The predicted octanol–water partition coefficient (Wildman–Crippen LogP) is 3.99. The molecule has 0 aliphatic rings. The molecule has 1 aromatic carbocycles. The quantitative estimate of drug-likeness (QED) is 0.608. The summed E-state index contributed by atoms with van der Waals surface area (Å²) in [6, 6.07) is 8.11. The largest absolute Gasteiger partial charge is 0.480 e. The number of carboxylic acid groups (broad SMARTS) is 1. The molecule has 1 unspecified atom stereocenters. The molecule has 3 aromatic rings. The number of hydrogen-bond acceptors (Lipinski definition) is 3. The molecule has 3 rings (SSSR count). The summed E-state index contributed by atoms with van der Waals surface area (Å²) in [6.45, 7) is 1.68. The fraction of sp³-hybridized carbons (Fsp3) is 0.250. The van der Waals surface area contributed by atoms with E-state index in [0.29, 0.717) is 5.56 Å². The van der Waals surface area contributed by atoms with Crippen LogP contribution in [0.2, 0.25) is 5.02 Å². The standard InChI is InChI=1S/C20H17ClF3N3O3/c1-2-14-16(27-10-12(20(22,23)24)9-13(21)17(27)25-14)18(28)26-15(19(29)30)8-11-6-4-3-5-7-11/h3-7,9-10,15H,2,8H2,1H3,(H,26,28)(H,29,30). The van der Waals surface area contributed by atoms with Crippen LogP contribution in [0.3, 0.4) is 0 Å². The Balaban J connectivity index is 2.02. The number of imidazole rings is 1. The minimum Gasteiger partial charge on any atom is -0.480 e. The first kappa shape index (κ1) is 21.6. The summed E-state index contributed by atoms with van der Waals surface area (Å²) in [4.78, 5) is 28.7. The van der Waals surface area contributed by atoms with Crippen molar-refractivity contribution in [2.75, 3.05) is 0 Å². The van der Waals surface area contributed by atoms with Crippen LogP contribution in [0.4, 0.5) is 13.2 Å². The number of carbonyl (C=O) groups is 2. The summed E-state index contributed by atoms with van der Waals surface area (Å²) >= 11 is 5.97. The molecule has 0 aliphatic heterocycles. The fourth-order valence-electron chi connectivity index (χ4n) is 3.07. The SMILES string of the molecule is CCc1nc2c(Cl)cc(C(F)(F)F)cn2c1C(=O)NC(Cc1ccccc1)C(=O)O. The zero-order chi connectivity index (χ0) is 22.1. The molecule has 0 saturated carbocycles. The first-order valence-electron chi connectivity index (χ1n) is 8.97. The summed E-state index contributed by atoms with van der Waals surface area (Å²) < 4.78 is 40.6. The maximum absolute atomic E-state index is 13.2. The monoisotopic (exact) mass is 439 g/mol. The Labute approximate surface area is 174 Å². The van der Waals surface area contributed by atoms with Crippen molar-refractivity contribution in [3.8, 4) is 0 Å². The number of aryl methyl sites for hydroxylation is 1. The molecule has 0 saturated heterocycles. The highest BCUT2D eigenvalue weighted by Gasteiger charge is 2.33. The van der Waals surface area contributed by atoms with Crippen LogP contribution in [0.25, 0.3) is 5.65 Å². The van der Waals surface area contributed by atoms with Gasteiger partial charge in [0, 0.05) is 12.6 Å². The van der Waals surface area contributed by atoms with Crippen LogP contribution < -0.4 is 5.32 Å². The third-order valence-corrected chi connectivity index (χ3v) is 4.79. The van der Waals surface area contributed by atoms with Crippen molar-refractivity contribution in [1.29, 1.82) is 0 Å². The van der Waals surface area contributed by atoms with Crippen LogP contribution in [0.1, 0.15) is 34.2 Å². The summed E-state index contributed by atoms with van der Waals surface area (Å²) in [6.07, 6.45) is -3.71. The third kappa shape index (κ3) is 4.40. The summed E-state index contributed by atoms with van der Waals surface area (Å²) in [5.41, 5.74) is -0.353. The molecule has 0 spiro atoms. The Hall–Kier alpha value is -3.07. The maximum Gasteiger partial charge on any atom is 0.417 e. The van der Waals surface area contributed by atoms with Crippen LogP contribution in [-0.4, -0.2) is 32.4 Å². The van der Waals surface area contributed by atoms with Crippen molar-refractivity contribution in [3.05, 3.63) is 70.1 Å². The van der Waals surface area contributed by atoms with Crippen LogP contribution in [0, 0.1) is 0 Å². The number of hydrogen-bond donors (Lipinski definition) is 2. The number of fused-ring (bicyclic) bond motifs is 1. The Morgan fingerprint density at radius 2 is 1.93 bits per heavy atom. The Morgan fingerprint density at radius 3 is 2.50 bits per heavy atom. The van der Waals surface area contributed by atoms with Gasteiger partial charge < -0.3 is 10.4 Å². The van der Waals surface area contributed by atoms with Gasteiger partial charge >= 0.3 is 12.1 Å². The number of pyridine rings is 1. The van der Waals surface area contributed by atoms with Gasteiger partial charge in [-0.2, -0.15) is 13.2 Å². The molecule has 158 valence electrons. The molecule has 2 aromatic heterocycles. The zero-order valence-electron chi connectivity index (χ0n) is 15.7. The maximum atomic E-state index is 13.2. The molecular formula is C20H17ClF3N3O3. The summed E-state index contributed by atoms with van der Waals surface area (Å²) in [7, 11) is 0. The number of aromatic nitrogens is 2. The molecule has 0 bridgehead atoms. The fourth-order valence-corrected chi connectivity index (χ4v) is 3.32. The predicted molar refractivity (Wildman–Crippen MR) is 104 cm³/mol. The normalized spacial score (nSPS) is 12.7. The van der Waals surface area contributed by atoms with Gasteiger partial charge in [0.2, 0.25) is 0 Å². The second-order valence-electron chi connectivity index (χ2n) is 6.58. The highest BCUT2D eigenvalue weighted by molar-refractivity contribution is 6.33. The molecule has 1 atom stereocenters. The molecule has 0 radical (unpaired) electrons. The highest BCUT2D eigenvalue weighted by atomic mass is 35.5. The Morgan fingerprint density at radius 1 is 1.27 bits per heavy atom. The summed E-state index contributed by atoms with van der Waals surface area (Å²) in [5, 5.41) is 11.6. The van der Waals surface area contributed by atoms with Crippen molar-refractivity contribution >= 4 is 29.1 Å². The van der Waals surface area contributed by atoms with Gasteiger partial charge in [0.15, 0.2) is 5.65 Å². The van der Waals surface area contributed by atoms with E-state index in [2.05, 4.69) is 10.3 Å². The van der Waals surface area contributed by atoms with Crippen LogP contribution in [0.5, 0.6) is 0 Å². The number of nitrogens with zero attached hydrogens (tertiary/aromatic N) is 2. The first-order valence-corrected chi connectivity index (χ1v) is 9.34. The summed E-state index contributed by atoms with van der Waals surface area (Å²) in [5.74, 6) is -2.12. The number of rotatable bonds is 6. The molecule has 2 N–H and O–H groups in total. The minimum absolute atomic E-state index is 0.00860. The van der Waals surface area contributed by atoms with Gasteiger partial charge in [-0.15, -0.1) is 0 Å². The number of benzene rings is 1. The Kier molecular flexibility index (Phi) is 6.02. The zero-order valence-corrected chi connectivity index (χ0v) is 16.5. The third-order valence-electron chi connectivity index (χ3n) is 4.51. The van der Waals surface area contributed by atoms with E-state index in [-0.39, 0.29) is 34.9 Å². The number of carbonyl (C=O) groups excluding carboxylic acids is 1. The van der Waals surface area contributed by atoms with Crippen molar-refractivity contribution in [3.63, 3.8) is 0 Å². The second kappa shape index (κ2) is 8.35. The minimum atomic E-state index is -4.68. The molecule has 0 fully saturated rings. The molecule has 30 heavy (non-hydrogen) atoms. The number of aliphatic carboxylic acids is 1. The van der Waals surface area contributed by atoms with Crippen molar-refractivity contribution in [2.24, 2.45) is 0 Å². The molecule has 6 nitrogen and oxygen atoms in total. The highest BCUT2D eigenvalue weighted by Crippen LogP contribution is 2.33. The lowest BCUT2D eigenvalue weighted by Crippen LogP contribution is -2.43. The van der Waals surface area contributed by atoms with E-state index < -0.39 is 29.7 Å². The van der Waals surface area contributed by atoms with Crippen LogP contribution >= 0.6 is 11.6 Å². The van der Waals surface area contributed by atoms with Crippen molar-refractivity contribution in [2.45, 2.75) is 32.0 Å². The molecule has 1 amide bonds. The number of alkyl halides is 3. The molecular weight excluding hydrogens is 423 g/mol. The van der Waals surface area contributed by atoms with E-state index in [1.807, 2.05) is 0 Å². The lowest BCUT2D eigenvalue weighted by atomic mass is 10.1. The van der Waals surface area contributed by atoms with E-state index in [1.165, 1.54) is 0 Å². The topological polar surface area (TPSA) is 83.7 Å². The van der Waals surface area contributed by atoms with Gasteiger partial charge in [0.05, 0.1) is 16.3 Å². The van der Waals surface area contributed by atoms with Gasteiger partial charge in [0.1, 0.15) is 11.7 Å². The molecule has 10 heteroatoms. The average molecular weight is 440 g/mol. The van der Waals surface area contributed by atoms with E-state index >= 15 is 0 Å². The van der Waals surface area contributed by atoms with E-state index in [4.69, 9.17) is 11.6 Å². The lowest BCUT2D eigenvalue weighted by molar-refractivity contribution is -0.139. The van der Waals surface area contributed by atoms with Crippen molar-refractivity contribution in [1.82, 2.24) is 14.7 Å². The van der Waals surface area contributed by atoms with Crippen molar-refractivity contribution < 1.29 is 27.9 Å². The van der Waals surface area contributed by atoms with Gasteiger partial charge in [-0.05, 0) is 18.1 Å². The average Bonchev–Trinajstić information content (AvgIpc) is 3.07. The number of amides is 1. The molecule has 0 aliphatic carbocycles. The van der Waals surface area contributed by atoms with Gasteiger partial charge in [0.25, 0.3) is 5.91 Å². The number of halogens is 4. The number of carboxylic acids is 1. The second-order valence-corrected chi connectivity index (χ2v) is 6.99. The smallest absolute Gasteiger partial charge is 0.417 e. The van der Waals surface area contributed by atoms with Gasteiger partial charge in [-0.3, -0.25) is 9.20 Å². The molecule has 2 heterocycles. The number of nitrogens with one attached hydrogen (secondary N) is 1. The van der Waals surface area contributed by atoms with E-state index in [1.54, 1.807) is 37.3 Å². The van der Waals surface area contributed by atoms with E-state index in [0.717, 1.165) is 16.7 Å². The Bertz CT molecular complexity index is 1100.